The third kappa shape index (κ3) is 3.21. The van der Waals surface area contributed by atoms with Crippen LogP contribution in [-0.4, -0.2) is 45.2 Å². The zero-order chi connectivity index (χ0) is 20.7. The topological polar surface area (TPSA) is 72.6 Å². The average Bonchev–Trinajstić information content (AvgIpc) is 3.43. The molecule has 1 unspecified atom stereocenters. The van der Waals surface area contributed by atoms with E-state index in [-0.39, 0.29) is 11.9 Å². The summed E-state index contributed by atoms with van der Waals surface area (Å²) < 4.78 is 7.33. The summed E-state index contributed by atoms with van der Waals surface area (Å²) in [6.45, 7) is 5.73. The van der Waals surface area contributed by atoms with Crippen LogP contribution in [0.2, 0.25) is 0 Å². The van der Waals surface area contributed by atoms with E-state index < -0.39 is 0 Å². The van der Waals surface area contributed by atoms with E-state index in [1.54, 1.807) is 11.3 Å². The first-order valence-electron chi connectivity index (χ1n) is 10.3. The first-order valence-corrected chi connectivity index (χ1v) is 11.1. The molecule has 1 aromatic carbocycles. The number of hydrogen-bond acceptors (Lipinski definition) is 7. The first-order chi connectivity index (χ1) is 14.7. The third-order valence-corrected chi connectivity index (χ3v) is 6.41. The molecule has 0 aliphatic carbocycles. The molecule has 5 rings (SSSR count). The number of nitrogens with zero attached hydrogens (tertiary/aromatic N) is 5. The van der Waals surface area contributed by atoms with Gasteiger partial charge in [0.05, 0.1) is 22.9 Å². The van der Waals surface area contributed by atoms with Crippen molar-refractivity contribution in [1.82, 2.24) is 19.6 Å². The highest BCUT2D eigenvalue weighted by molar-refractivity contribution is 7.13. The molecule has 1 aliphatic rings. The number of carbonyl (C=O) groups is 1. The molecule has 0 spiro atoms. The summed E-state index contributed by atoms with van der Waals surface area (Å²) in [5.74, 6) is 1.29. The Balaban J connectivity index is 1.69. The molecule has 1 fully saturated rings. The van der Waals surface area contributed by atoms with Gasteiger partial charge in [0, 0.05) is 18.5 Å². The second-order valence-electron chi connectivity index (χ2n) is 7.63. The van der Waals surface area contributed by atoms with Gasteiger partial charge in [0.15, 0.2) is 11.5 Å². The summed E-state index contributed by atoms with van der Waals surface area (Å²) in [6, 6.07) is 10.2. The average molecular weight is 422 g/mol. The predicted octanol–water partition coefficient (Wildman–Crippen LogP) is 4.09. The van der Waals surface area contributed by atoms with E-state index in [2.05, 4.69) is 34.2 Å². The Morgan fingerprint density at radius 1 is 1.30 bits per heavy atom. The van der Waals surface area contributed by atoms with E-state index >= 15 is 0 Å². The van der Waals surface area contributed by atoms with Gasteiger partial charge in [-0.3, -0.25) is 4.79 Å². The molecule has 7 nitrogen and oxygen atoms in total. The number of esters is 1. The molecule has 0 amide bonds. The number of fused-ring (bicyclic) bond motifs is 3. The maximum absolute atomic E-state index is 12.4. The van der Waals surface area contributed by atoms with Crippen LogP contribution in [0.4, 0.5) is 5.95 Å². The quantitative estimate of drug-likeness (QED) is 0.462. The lowest BCUT2D eigenvalue weighted by atomic mass is 9.98. The van der Waals surface area contributed by atoms with E-state index in [1.165, 1.54) is 0 Å². The van der Waals surface area contributed by atoms with Gasteiger partial charge in [-0.1, -0.05) is 17.7 Å². The smallest absolute Gasteiger partial charge is 0.310 e. The highest BCUT2D eigenvalue weighted by Gasteiger charge is 2.30. The second kappa shape index (κ2) is 7.68. The van der Waals surface area contributed by atoms with E-state index in [0.717, 1.165) is 58.1 Å². The fraction of sp³-hybridized carbons (Fsp3) is 0.364. The number of thiophene rings is 1. The van der Waals surface area contributed by atoms with Crippen LogP contribution in [0.15, 0.2) is 35.7 Å². The van der Waals surface area contributed by atoms with Crippen molar-refractivity contribution in [2.24, 2.45) is 5.92 Å². The monoisotopic (exact) mass is 421 g/mol. The van der Waals surface area contributed by atoms with E-state index in [0.29, 0.717) is 13.2 Å². The molecule has 0 radical (unpaired) electrons. The van der Waals surface area contributed by atoms with Crippen LogP contribution in [0.3, 0.4) is 0 Å². The summed E-state index contributed by atoms with van der Waals surface area (Å²) in [4.78, 5) is 20.6. The Morgan fingerprint density at radius 2 is 2.20 bits per heavy atom. The van der Waals surface area contributed by atoms with Gasteiger partial charge in [0.2, 0.25) is 5.95 Å². The maximum Gasteiger partial charge on any atom is 0.310 e. The van der Waals surface area contributed by atoms with Crippen molar-refractivity contribution in [3.05, 3.63) is 41.3 Å². The number of aromatic nitrogens is 4. The van der Waals surface area contributed by atoms with Crippen LogP contribution in [0.25, 0.3) is 27.3 Å². The lowest BCUT2D eigenvalue weighted by Crippen LogP contribution is -2.40. The molecule has 0 bridgehead atoms. The summed E-state index contributed by atoms with van der Waals surface area (Å²) in [6.07, 6.45) is 1.75. The van der Waals surface area contributed by atoms with E-state index in [9.17, 15) is 4.79 Å². The molecule has 4 aromatic rings. The fourth-order valence-corrected chi connectivity index (χ4v) is 4.82. The van der Waals surface area contributed by atoms with Crippen LogP contribution >= 0.6 is 11.3 Å². The molecule has 4 heterocycles. The number of benzene rings is 1. The van der Waals surface area contributed by atoms with E-state index in [4.69, 9.17) is 9.72 Å². The van der Waals surface area contributed by atoms with Gasteiger partial charge < -0.3 is 9.64 Å². The van der Waals surface area contributed by atoms with Crippen LogP contribution in [0.1, 0.15) is 25.3 Å². The van der Waals surface area contributed by atoms with Gasteiger partial charge in [-0.2, -0.15) is 0 Å². The van der Waals surface area contributed by atoms with Crippen LogP contribution in [-0.2, 0) is 9.53 Å². The van der Waals surface area contributed by atoms with Gasteiger partial charge in [-0.25, -0.2) is 9.38 Å². The number of hydrogen-bond donors (Lipinski definition) is 0. The minimum Gasteiger partial charge on any atom is -0.466 e. The van der Waals surface area contributed by atoms with Gasteiger partial charge in [0.25, 0.3) is 0 Å². The largest absolute Gasteiger partial charge is 0.466 e. The van der Waals surface area contributed by atoms with Crippen LogP contribution < -0.4 is 4.90 Å². The highest BCUT2D eigenvalue weighted by atomic mass is 32.1. The lowest BCUT2D eigenvalue weighted by Gasteiger charge is -2.32. The third-order valence-electron chi connectivity index (χ3n) is 5.54. The molecule has 3 aromatic heterocycles. The zero-order valence-electron chi connectivity index (χ0n) is 17.0. The Kier molecular flexibility index (Phi) is 4.86. The van der Waals surface area contributed by atoms with Crippen molar-refractivity contribution in [3.8, 4) is 10.7 Å². The molecule has 8 heteroatoms. The van der Waals surface area contributed by atoms with Crippen LogP contribution in [0.5, 0.6) is 0 Å². The van der Waals surface area contributed by atoms with Gasteiger partial charge in [0.1, 0.15) is 0 Å². The minimum absolute atomic E-state index is 0.128. The fourth-order valence-electron chi connectivity index (χ4n) is 4.12. The summed E-state index contributed by atoms with van der Waals surface area (Å²) in [7, 11) is 0. The normalized spacial score (nSPS) is 17.0. The van der Waals surface area contributed by atoms with Crippen LogP contribution in [0, 0.1) is 12.8 Å². The van der Waals surface area contributed by atoms with Crippen molar-refractivity contribution in [2.45, 2.75) is 26.7 Å². The van der Waals surface area contributed by atoms with Crippen molar-refractivity contribution in [1.29, 1.82) is 0 Å². The molecule has 0 saturated carbocycles. The molecular weight excluding hydrogens is 398 g/mol. The molecular formula is C22H23N5O2S. The lowest BCUT2D eigenvalue weighted by molar-refractivity contribution is -0.148. The summed E-state index contributed by atoms with van der Waals surface area (Å²) in [5.41, 5.74) is 2.83. The number of aryl methyl sites for hydroxylation is 1. The summed E-state index contributed by atoms with van der Waals surface area (Å²) >= 11 is 1.63. The number of piperidine rings is 1. The second-order valence-corrected chi connectivity index (χ2v) is 8.58. The number of carbonyl (C=O) groups excluding carboxylic acids is 1. The Bertz CT molecular complexity index is 1220. The molecule has 1 saturated heterocycles. The SMILES string of the molecule is CCOC(=O)C1CCCN(c2nc3ccc(C)cc3c3nnc(-c4cccs4)n23)C1. The zero-order valence-corrected chi connectivity index (χ0v) is 17.9. The van der Waals surface area contributed by atoms with E-state index in [1.807, 2.05) is 34.9 Å². The molecule has 154 valence electrons. The Labute approximate surface area is 178 Å². The van der Waals surface area contributed by atoms with Gasteiger partial charge in [-0.15, -0.1) is 21.5 Å². The standard InChI is InChI=1S/C22H23N5O2S/c1-3-29-21(28)15-6-4-10-26(13-15)22-23-17-9-8-14(2)12-16(17)19-24-25-20(27(19)22)18-7-5-11-30-18/h5,7-9,11-12,15H,3-4,6,10,13H2,1-2H3. The molecule has 0 N–H and O–H groups in total. The summed E-state index contributed by atoms with van der Waals surface area (Å²) in [5, 5.41) is 12.1. The van der Waals surface area contributed by atoms with Crippen molar-refractivity contribution in [3.63, 3.8) is 0 Å². The molecule has 30 heavy (non-hydrogen) atoms. The number of anilines is 1. The Morgan fingerprint density at radius 3 is 3.00 bits per heavy atom. The number of rotatable bonds is 4. The first kappa shape index (κ1) is 19.0. The maximum atomic E-state index is 12.4. The van der Waals surface area contributed by atoms with Crippen molar-refractivity contribution in [2.75, 3.05) is 24.6 Å². The Hall–Kier alpha value is -3.00. The van der Waals surface area contributed by atoms with Crippen molar-refractivity contribution >= 4 is 39.8 Å². The van der Waals surface area contributed by atoms with Gasteiger partial charge in [-0.05, 0) is 50.3 Å². The number of ether oxygens (including phenoxy) is 1. The van der Waals surface area contributed by atoms with Gasteiger partial charge >= 0.3 is 5.97 Å². The minimum atomic E-state index is -0.147. The molecule has 1 aliphatic heterocycles. The molecule has 1 atom stereocenters. The predicted molar refractivity (Wildman–Crippen MR) is 118 cm³/mol. The van der Waals surface area contributed by atoms with Crippen molar-refractivity contribution < 1.29 is 9.53 Å². The highest BCUT2D eigenvalue weighted by Crippen LogP contribution is 2.32.